The molecule has 15 nitrogen and oxygen atoms in total. The molecule has 1 heterocycles. The van der Waals surface area contributed by atoms with E-state index in [1.54, 1.807) is 0 Å². The number of hydrogen-bond donors (Lipinski definition) is 6. The summed E-state index contributed by atoms with van der Waals surface area (Å²) in [6.07, 6.45) is -18.1. The first-order chi connectivity index (χ1) is 26.9. The van der Waals surface area contributed by atoms with Crippen molar-refractivity contribution in [2.45, 2.75) is 81.2 Å². The highest BCUT2D eigenvalue weighted by molar-refractivity contribution is 5.93. The number of amides is 3. The van der Waals surface area contributed by atoms with Crippen LogP contribution in [0.1, 0.15) is 36.8 Å². The van der Waals surface area contributed by atoms with E-state index in [-0.39, 0.29) is 61.0 Å². The Bertz CT molecular complexity index is 1840. The van der Waals surface area contributed by atoms with Crippen molar-refractivity contribution in [3.8, 4) is 22.6 Å². The van der Waals surface area contributed by atoms with Crippen molar-refractivity contribution in [3.05, 3.63) is 47.5 Å². The Hall–Kier alpha value is -5.49. The van der Waals surface area contributed by atoms with Crippen LogP contribution in [0.2, 0.25) is 0 Å². The van der Waals surface area contributed by atoms with Crippen LogP contribution in [-0.2, 0) is 46.3 Å². The van der Waals surface area contributed by atoms with Crippen molar-refractivity contribution >= 4 is 35.6 Å². The summed E-state index contributed by atoms with van der Waals surface area (Å²) >= 11 is 0. The van der Waals surface area contributed by atoms with E-state index in [1.165, 1.54) is 0 Å². The maximum Gasteiger partial charge on any atom is 0.491 e. The minimum absolute atomic E-state index is 0.0239. The van der Waals surface area contributed by atoms with Gasteiger partial charge in [-0.15, -0.1) is 0 Å². The van der Waals surface area contributed by atoms with Gasteiger partial charge in [-0.3, -0.25) is 14.4 Å². The standard InChI is InChI=1S/C34H37F9N6O9/c35-32(36,37)29(53)56-15-20(3-1-9-44)47-28(52)23-14-19-12-17(6-8-25(19)58-31(55)34(41,42)43)16-5-7-24(57-30(54)33(38,39)40)18(11-16)13-21(46)26(50)48-22(4-2-10-45)27(51)49-23/h5-8,11-12,20-23H,1-4,9-10,13-15,44-46H2,(H,47,52)(H,48,50)(H,49,51)/t20-,21-,22-,23-/m0/s1. The van der Waals surface area contributed by atoms with Gasteiger partial charge in [-0.05, 0) is 85.3 Å². The van der Waals surface area contributed by atoms with Crippen LogP contribution in [0.25, 0.3) is 11.1 Å². The molecule has 24 heteroatoms. The first-order valence-electron chi connectivity index (χ1n) is 17.1. The van der Waals surface area contributed by atoms with E-state index in [4.69, 9.17) is 17.2 Å². The number of ether oxygens (including phenoxy) is 3. The van der Waals surface area contributed by atoms with Crippen molar-refractivity contribution in [1.82, 2.24) is 16.0 Å². The fraction of sp³-hybridized carbons (Fsp3) is 0.471. The number of nitrogens with two attached hydrogens (primary N) is 3. The Balaban J connectivity index is 2.23. The summed E-state index contributed by atoms with van der Waals surface area (Å²) in [7, 11) is 0. The Morgan fingerprint density at radius 2 is 1.22 bits per heavy atom. The van der Waals surface area contributed by atoms with Gasteiger partial charge in [0.25, 0.3) is 0 Å². The quantitative estimate of drug-likeness (QED) is 0.102. The van der Waals surface area contributed by atoms with Gasteiger partial charge in [0.05, 0.1) is 12.1 Å². The third-order valence-electron chi connectivity index (χ3n) is 8.24. The molecule has 0 aliphatic carbocycles. The highest BCUT2D eigenvalue weighted by Crippen LogP contribution is 2.34. The van der Waals surface area contributed by atoms with Crippen LogP contribution < -0.4 is 42.6 Å². The average Bonchev–Trinajstić information content (AvgIpc) is 3.13. The lowest BCUT2D eigenvalue weighted by atomic mass is 9.95. The Morgan fingerprint density at radius 3 is 1.71 bits per heavy atom. The number of carbonyl (C=O) groups is 6. The van der Waals surface area contributed by atoms with Gasteiger partial charge in [0.1, 0.15) is 30.2 Å². The molecule has 1 aliphatic rings. The summed E-state index contributed by atoms with van der Waals surface area (Å²) in [5, 5.41) is 6.95. The van der Waals surface area contributed by atoms with E-state index in [2.05, 4.69) is 30.2 Å². The van der Waals surface area contributed by atoms with Gasteiger partial charge in [-0.2, -0.15) is 39.5 Å². The van der Waals surface area contributed by atoms with E-state index in [9.17, 15) is 68.3 Å². The number of benzene rings is 2. The van der Waals surface area contributed by atoms with E-state index >= 15 is 0 Å². The van der Waals surface area contributed by atoms with Gasteiger partial charge in [0.15, 0.2) is 0 Å². The minimum atomic E-state index is -5.54. The molecule has 0 saturated carbocycles. The molecule has 4 bridgehead atoms. The number of esters is 3. The zero-order valence-corrected chi connectivity index (χ0v) is 29.9. The van der Waals surface area contributed by atoms with Gasteiger partial charge < -0.3 is 47.4 Å². The number of nitrogens with one attached hydrogen (secondary N) is 3. The molecule has 0 saturated heterocycles. The van der Waals surface area contributed by atoms with Crippen LogP contribution >= 0.6 is 0 Å². The summed E-state index contributed by atoms with van der Waals surface area (Å²) in [5.41, 5.74) is 16.6. The van der Waals surface area contributed by atoms with Crippen molar-refractivity contribution in [2.24, 2.45) is 17.2 Å². The number of rotatable bonds is 12. The Morgan fingerprint density at radius 1 is 0.724 bits per heavy atom. The number of fused-ring (bicyclic) bond motifs is 5. The van der Waals surface area contributed by atoms with Crippen molar-refractivity contribution in [1.29, 1.82) is 0 Å². The third kappa shape index (κ3) is 13.6. The minimum Gasteiger partial charge on any atom is -0.457 e. The molecule has 2 aromatic rings. The number of hydrogen-bond acceptors (Lipinski definition) is 12. The molecule has 4 atom stereocenters. The Kier molecular flexibility index (Phi) is 16.0. The van der Waals surface area contributed by atoms with Gasteiger partial charge in [-0.1, -0.05) is 12.1 Å². The van der Waals surface area contributed by atoms with Crippen molar-refractivity contribution < 1.29 is 82.5 Å². The molecule has 3 amide bonds. The number of alkyl halides is 9. The zero-order valence-electron chi connectivity index (χ0n) is 29.9. The molecule has 1 aliphatic heterocycles. The number of halogens is 9. The molecule has 2 aromatic carbocycles. The number of carbonyl (C=O) groups excluding carboxylic acids is 6. The molecular weight excluding hydrogens is 807 g/mol. The van der Waals surface area contributed by atoms with Crippen LogP contribution in [-0.4, -0.2) is 98.0 Å². The fourth-order valence-corrected chi connectivity index (χ4v) is 5.37. The molecule has 0 spiro atoms. The molecule has 9 N–H and O–H groups in total. The normalized spacial score (nSPS) is 18.4. The van der Waals surface area contributed by atoms with Crippen molar-refractivity contribution in [2.75, 3.05) is 19.7 Å². The van der Waals surface area contributed by atoms with Crippen LogP contribution in [0, 0.1) is 0 Å². The summed E-state index contributed by atoms with van der Waals surface area (Å²) in [5.74, 6) is -12.8. The van der Waals surface area contributed by atoms with Gasteiger partial charge in [0, 0.05) is 12.8 Å². The highest BCUT2D eigenvalue weighted by Gasteiger charge is 2.44. The molecule has 0 radical (unpaired) electrons. The lowest BCUT2D eigenvalue weighted by Gasteiger charge is -2.27. The van der Waals surface area contributed by atoms with Gasteiger partial charge in [-0.25, -0.2) is 14.4 Å². The second kappa shape index (κ2) is 19.8. The second-order valence-electron chi connectivity index (χ2n) is 12.7. The van der Waals surface area contributed by atoms with Crippen molar-refractivity contribution in [3.63, 3.8) is 0 Å². The molecule has 0 fully saturated rings. The third-order valence-corrected chi connectivity index (χ3v) is 8.24. The monoisotopic (exact) mass is 844 g/mol. The summed E-state index contributed by atoms with van der Waals surface area (Å²) in [6, 6.07) is -0.264. The first-order valence-corrected chi connectivity index (χ1v) is 17.1. The first kappa shape index (κ1) is 46.9. The van der Waals surface area contributed by atoms with E-state index in [0.29, 0.717) is 0 Å². The summed E-state index contributed by atoms with van der Waals surface area (Å²) in [6.45, 7) is -1.13. The van der Waals surface area contributed by atoms with Crippen LogP contribution in [0.15, 0.2) is 36.4 Å². The topological polar surface area (TPSA) is 244 Å². The lowest BCUT2D eigenvalue weighted by Crippen LogP contribution is -2.57. The van der Waals surface area contributed by atoms with Crippen LogP contribution in [0.4, 0.5) is 39.5 Å². The lowest BCUT2D eigenvalue weighted by molar-refractivity contribution is -0.200. The van der Waals surface area contributed by atoms with Gasteiger partial charge >= 0.3 is 36.4 Å². The maximum atomic E-state index is 13.9. The zero-order chi connectivity index (χ0) is 43.6. The fourth-order valence-electron chi connectivity index (χ4n) is 5.37. The Labute approximate surface area is 322 Å². The maximum absolute atomic E-state index is 13.9. The average molecular weight is 845 g/mol. The van der Waals surface area contributed by atoms with Crippen LogP contribution in [0.3, 0.4) is 0 Å². The molecule has 0 aromatic heterocycles. The highest BCUT2D eigenvalue weighted by atomic mass is 19.4. The second-order valence-corrected chi connectivity index (χ2v) is 12.7. The molecule has 320 valence electrons. The largest absolute Gasteiger partial charge is 0.491 e. The molecule has 0 unspecified atom stereocenters. The van der Waals surface area contributed by atoms with Gasteiger partial charge in [0.2, 0.25) is 17.7 Å². The smallest absolute Gasteiger partial charge is 0.457 e. The SMILES string of the molecule is NCCC[C@@H](COC(=O)C(F)(F)F)NC(=O)[C@@H]1Cc2cc(ccc2OC(=O)C(F)(F)F)-c2ccc(OC(=O)C(F)(F)F)c(c2)C[C@H](N)C(=O)N[C@@H](CCCN)C(=O)N1. The van der Waals surface area contributed by atoms with E-state index in [0.717, 1.165) is 36.4 Å². The predicted octanol–water partition coefficient (Wildman–Crippen LogP) is 1.75. The molecular formula is C34H37F9N6O9. The molecule has 3 rings (SSSR count). The molecule has 58 heavy (non-hydrogen) atoms. The predicted molar refractivity (Wildman–Crippen MR) is 180 cm³/mol. The summed E-state index contributed by atoms with van der Waals surface area (Å²) < 4.78 is 131. The van der Waals surface area contributed by atoms with E-state index in [1.807, 2.05) is 0 Å². The van der Waals surface area contributed by atoms with E-state index < -0.39 is 109 Å². The van der Waals surface area contributed by atoms with Crippen LogP contribution in [0.5, 0.6) is 11.5 Å². The summed E-state index contributed by atoms with van der Waals surface area (Å²) in [4.78, 5) is 76.0.